The maximum absolute atomic E-state index is 11.0. The predicted molar refractivity (Wildman–Crippen MR) is 80.5 cm³/mol. The maximum Gasteiger partial charge on any atom is 0.153 e. The van der Waals surface area contributed by atoms with Crippen molar-refractivity contribution in [2.45, 2.75) is 0 Å². The van der Waals surface area contributed by atoms with E-state index in [9.17, 15) is 4.79 Å². The third-order valence-corrected chi connectivity index (χ3v) is 2.94. The summed E-state index contributed by atoms with van der Waals surface area (Å²) < 4.78 is 16.1. The first kappa shape index (κ1) is 15.4. The van der Waals surface area contributed by atoms with Crippen LogP contribution in [0.2, 0.25) is 0 Å². The van der Waals surface area contributed by atoms with Crippen molar-refractivity contribution in [1.82, 2.24) is 0 Å². The minimum atomic E-state index is 0.299. The molecule has 0 aliphatic heterocycles. The molecule has 0 spiro atoms. The van der Waals surface area contributed by atoms with E-state index in [0.29, 0.717) is 41.6 Å². The van der Waals surface area contributed by atoms with Gasteiger partial charge in [0.2, 0.25) is 0 Å². The highest BCUT2D eigenvalue weighted by atomic mass is 16.5. The van der Waals surface area contributed by atoms with Crippen LogP contribution in [-0.2, 0) is 0 Å². The molecule has 0 aliphatic carbocycles. The molecule has 22 heavy (non-hydrogen) atoms. The molecule has 0 bridgehead atoms. The molecule has 0 saturated heterocycles. The van der Waals surface area contributed by atoms with Gasteiger partial charge in [-0.15, -0.1) is 0 Å². The number of carbonyl (C=O) groups is 1. The van der Waals surface area contributed by atoms with Crippen LogP contribution in [0.3, 0.4) is 0 Å². The first-order chi connectivity index (χ1) is 10.8. The van der Waals surface area contributed by atoms with E-state index in [1.165, 1.54) is 7.11 Å². The van der Waals surface area contributed by atoms with Crippen molar-refractivity contribution >= 4 is 6.29 Å². The Labute approximate surface area is 128 Å². The van der Waals surface area contributed by atoms with Crippen LogP contribution in [-0.4, -0.2) is 26.6 Å². The molecular weight excluding hydrogens is 282 g/mol. The van der Waals surface area contributed by atoms with Crippen molar-refractivity contribution in [2.24, 2.45) is 0 Å². The Morgan fingerprint density at radius 2 is 1.73 bits per heavy atom. The summed E-state index contributed by atoms with van der Waals surface area (Å²) in [5, 5.41) is 8.71. The average Bonchev–Trinajstić information content (AvgIpc) is 2.59. The van der Waals surface area contributed by atoms with Crippen LogP contribution in [0.15, 0.2) is 42.5 Å². The van der Waals surface area contributed by atoms with Gasteiger partial charge in [0.25, 0.3) is 0 Å². The topological polar surface area (TPSA) is 68.6 Å². The zero-order valence-electron chi connectivity index (χ0n) is 12.1. The third-order valence-electron chi connectivity index (χ3n) is 2.94. The quantitative estimate of drug-likeness (QED) is 0.580. The van der Waals surface area contributed by atoms with E-state index in [4.69, 9.17) is 19.5 Å². The Balaban J connectivity index is 1.85. The van der Waals surface area contributed by atoms with Gasteiger partial charge in [-0.1, -0.05) is 0 Å². The van der Waals surface area contributed by atoms with Gasteiger partial charge in [0.05, 0.1) is 24.3 Å². The third kappa shape index (κ3) is 4.00. The zero-order valence-corrected chi connectivity index (χ0v) is 12.1. The largest absolute Gasteiger partial charge is 0.497 e. The molecule has 0 unspecified atom stereocenters. The number of hydrogen-bond donors (Lipinski definition) is 0. The van der Waals surface area contributed by atoms with Crippen LogP contribution < -0.4 is 14.2 Å². The molecular formula is C17H15NO4. The van der Waals surface area contributed by atoms with Crippen molar-refractivity contribution in [3.63, 3.8) is 0 Å². The van der Waals surface area contributed by atoms with Crippen LogP contribution in [0.5, 0.6) is 17.2 Å². The molecule has 5 nitrogen and oxygen atoms in total. The van der Waals surface area contributed by atoms with E-state index in [1.807, 2.05) is 6.07 Å². The predicted octanol–water partition coefficient (Wildman–Crippen LogP) is 2.84. The lowest BCUT2D eigenvalue weighted by Gasteiger charge is -2.10. The SMILES string of the molecule is COc1ccc(OCCOc2ccc(C#N)cc2)c(C=O)c1. The molecule has 0 aliphatic rings. The number of rotatable bonds is 7. The lowest BCUT2D eigenvalue weighted by atomic mass is 10.2. The Bertz CT molecular complexity index is 674. The number of hydrogen-bond acceptors (Lipinski definition) is 5. The standard InChI is InChI=1S/C17H15NO4/c1-20-16-6-7-17(14(10-16)12-19)22-9-8-21-15-4-2-13(11-18)3-5-15/h2-7,10,12H,8-9H2,1H3. The van der Waals surface area contributed by atoms with Gasteiger partial charge in [-0.2, -0.15) is 5.26 Å². The maximum atomic E-state index is 11.0. The van der Waals surface area contributed by atoms with Crippen molar-refractivity contribution in [3.8, 4) is 23.3 Å². The summed E-state index contributed by atoms with van der Waals surface area (Å²) in [6.45, 7) is 0.628. The van der Waals surface area contributed by atoms with Crippen molar-refractivity contribution in [1.29, 1.82) is 5.26 Å². The molecule has 0 N–H and O–H groups in total. The molecule has 2 aromatic carbocycles. The lowest BCUT2D eigenvalue weighted by molar-refractivity contribution is 0.111. The van der Waals surface area contributed by atoms with E-state index >= 15 is 0 Å². The fourth-order valence-corrected chi connectivity index (χ4v) is 1.81. The first-order valence-electron chi connectivity index (χ1n) is 6.66. The minimum absolute atomic E-state index is 0.299. The molecule has 5 heteroatoms. The number of benzene rings is 2. The molecule has 0 fully saturated rings. The normalized spacial score (nSPS) is 9.64. The molecule has 0 saturated carbocycles. The number of ether oxygens (including phenoxy) is 3. The Morgan fingerprint density at radius 1 is 1.05 bits per heavy atom. The van der Waals surface area contributed by atoms with Gasteiger partial charge in [0.1, 0.15) is 30.5 Å². The van der Waals surface area contributed by atoms with E-state index in [0.717, 1.165) is 6.29 Å². The van der Waals surface area contributed by atoms with E-state index in [1.54, 1.807) is 42.5 Å². The monoisotopic (exact) mass is 297 g/mol. The first-order valence-corrected chi connectivity index (χ1v) is 6.66. The number of aldehydes is 1. The highest BCUT2D eigenvalue weighted by Gasteiger charge is 2.05. The number of nitriles is 1. The molecule has 0 heterocycles. The Morgan fingerprint density at radius 3 is 2.36 bits per heavy atom. The Hall–Kier alpha value is -3.00. The fraction of sp³-hybridized carbons (Fsp3) is 0.176. The lowest BCUT2D eigenvalue weighted by Crippen LogP contribution is -2.10. The van der Waals surface area contributed by atoms with E-state index in [2.05, 4.69) is 0 Å². The average molecular weight is 297 g/mol. The van der Waals surface area contributed by atoms with Gasteiger partial charge >= 0.3 is 0 Å². The van der Waals surface area contributed by atoms with E-state index in [-0.39, 0.29) is 0 Å². The van der Waals surface area contributed by atoms with E-state index < -0.39 is 0 Å². The highest BCUT2D eigenvalue weighted by Crippen LogP contribution is 2.22. The number of carbonyl (C=O) groups excluding carboxylic acids is 1. The molecule has 0 radical (unpaired) electrons. The molecule has 2 aromatic rings. The van der Waals surface area contributed by atoms with Gasteiger partial charge in [0, 0.05) is 0 Å². The molecule has 0 atom stereocenters. The van der Waals surface area contributed by atoms with Crippen LogP contribution in [0, 0.1) is 11.3 Å². The molecule has 0 amide bonds. The number of methoxy groups -OCH3 is 1. The van der Waals surface area contributed by atoms with Gasteiger partial charge in [-0.3, -0.25) is 4.79 Å². The van der Waals surface area contributed by atoms with Crippen LogP contribution in [0.4, 0.5) is 0 Å². The minimum Gasteiger partial charge on any atom is -0.497 e. The van der Waals surface area contributed by atoms with Gasteiger partial charge in [0.15, 0.2) is 6.29 Å². The summed E-state index contributed by atoms with van der Waals surface area (Å²) in [4.78, 5) is 11.0. The second kappa shape index (κ2) is 7.70. The van der Waals surface area contributed by atoms with Crippen LogP contribution >= 0.6 is 0 Å². The summed E-state index contributed by atoms with van der Waals surface area (Å²) in [6.07, 6.45) is 0.722. The van der Waals surface area contributed by atoms with Gasteiger partial charge in [-0.05, 0) is 42.5 Å². The molecule has 2 rings (SSSR count). The zero-order chi connectivity index (χ0) is 15.8. The number of nitrogens with zero attached hydrogens (tertiary/aromatic N) is 1. The molecule has 0 aromatic heterocycles. The summed E-state index contributed by atoms with van der Waals surface area (Å²) in [7, 11) is 1.54. The van der Waals surface area contributed by atoms with Gasteiger partial charge in [-0.25, -0.2) is 0 Å². The van der Waals surface area contributed by atoms with Crippen molar-refractivity contribution in [3.05, 3.63) is 53.6 Å². The summed E-state index contributed by atoms with van der Waals surface area (Å²) in [6, 6.07) is 13.9. The smallest absolute Gasteiger partial charge is 0.153 e. The van der Waals surface area contributed by atoms with Crippen molar-refractivity contribution < 1.29 is 19.0 Å². The van der Waals surface area contributed by atoms with Crippen LogP contribution in [0.25, 0.3) is 0 Å². The highest BCUT2D eigenvalue weighted by molar-refractivity contribution is 5.80. The van der Waals surface area contributed by atoms with Crippen LogP contribution in [0.1, 0.15) is 15.9 Å². The molecule has 112 valence electrons. The summed E-state index contributed by atoms with van der Waals surface area (Å²) >= 11 is 0. The summed E-state index contributed by atoms with van der Waals surface area (Å²) in [5.74, 6) is 1.75. The second-order valence-electron chi connectivity index (χ2n) is 4.35. The fourth-order valence-electron chi connectivity index (χ4n) is 1.81. The van der Waals surface area contributed by atoms with Crippen molar-refractivity contribution in [2.75, 3.05) is 20.3 Å². The second-order valence-corrected chi connectivity index (χ2v) is 4.35. The Kier molecular flexibility index (Phi) is 5.38. The van der Waals surface area contributed by atoms with Gasteiger partial charge < -0.3 is 14.2 Å². The summed E-state index contributed by atoms with van der Waals surface area (Å²) in [5.41, 5.74) is 1.01.